The Morgan fingerprint density at radius 2 is 1.77 bits per heavy atom. The van der Waals surface area contributed by atoms with E-state index in [0.29, 0.717) is 5.56 Å². The highest BCUT2D eigenvalue weighted by Crippen LogP contribution is 2.21. The maximum atomic E-state index is 11.8. The van der Waals surface area contributed by atoms with E-state index in [9.17, 15) is 19.2 Å². The molecule has 0 saturated carbocycles. The van der Waals surface area contributed by atoms with E-state index >= 15 is 0 Å². The van der Waals surface area contributed by atoms with E-state index in [0.717, 1.165) is 11.8 Å². The van der Waals surface area contributed by atoms with Crippen LogP contribution in [0.4, 0.5) is 4.79 Å². The minimum Gasteiger partial charge on any atom is -0.418 e. The van der Waals surface area contributed by atoms with E-state index < -0.39 is 11.3 Å². The zero-order valence-electron chi connectivity index (χ0n) is 12.5. The van der Waals surface area contributed by atoms with E-state index in [1.165, 1.54) is 26.8 Å². The van der Waals surface area contributed by atoms with Gasteiger partial charge < -0.3 is 10.1 Å². The van der Waals surface area contributed by atoms with Crippen molar-refractivity contribution in [1.82, 2.24) is 5.32 Å². The number of hydrogen-bond donors (Lipinski definition) is 1. The van der Waals surface area contributed by atoms with E-state index in [-0.39, 0.29) is 29.0 Å². The number of amides is 1. The molecule has 0 heterocycles. The van der Waals surface area contributed by atoms with Crippen molar-refractivity contribution < 1.29 is 23.9 Å². The molecule has 1 aromatic carbocycles. The predicted octanol–water partition coefficient (Wildman–Crippen LogP) is 2.21. The molecule has 0 saturated heterocycles. The van der Waals surface area contributed by atoms with Crippen molar-refractivity contribution in [3.8, 4) is 5.75 Å². The number of carbonyl (C=O) groups excluding carboxylic acids is 4. The molecule has 1 aromatic rings. The van der Waals surface area contributed by atoms with Gasteiger partial charge in [0, 0.05) is 12.7 Å². The van der Waals surface area contributed by atoms with Crippen LogP contribution in [0.1, 0.15) is 31.1 Å². The van der Waals surface area contributed by atoms with Crippen LogP contribution in [0.2, 0.25) is 0 Å². The van der Waals surface area contributed by atoms with Crippen LogP contribution in [0.3, 0.4) is 0 Å². The Kier molecular flexibility index (Phi) is 6.78. The third kappa shape index (κ3) is 5.69. The highest BCUT2D eigenvalue weighted by atomic mass is 32.2. The molecule has 0 aliphatic carbocycles. The lowest BCUT2D eigenvalue weighted by atomic mass is 10.1. The molecule has 0 radical (unpaired) electrons. The molecule has 0 bridgehead atoms. The monoisotopic (exact) mass is 323 g/mol. The minimum atomic E-state index is -0.752. The molecule has 0 aromatic heterocycles. The van der Waals surface area contributed by atoms with Gasteiger partial charge in [-0.25, -0.2) is 4.79 Å². The van der Waals surface area contributed by atoms with E-state index in [2.05, 4.69) is 5.32 Å². The van der Waals surface area contributed by atoms with Crippen molar-refractivity contribution in [2.24, 2.45) is 0 Å². The largest absolute Gasteiger partial charge is 0.418 e. The van der Waals surface area contributed by atoms with Gasteiger partial charge in [0.2, 0.25) is 5.91 Å². The summed E-state index contributed by atoms with van der Waals surface area (Å²) in [5, 5.41) is 1.81. The number of Topliss-reactive ketones (excluding diaryl/α,β-unsaturated/α-hetero) is 2. The average molecular weight is 323 g/mol. The Morgan fingerprint density at radius 1 is 1.14 bits per heavy atom. The lowest BCUT2D eigenvalue weighted by Gasteiger charge is -2.13. The summed E-state index contributed by atoms with van der Waals surface area (Å²) in [6.07, 6.45) is 0. The number of nitrogens with one attached hydrogen (secondary N) is 1. The van der Waals surface area contributed by atoms with Crippen LogP contribution in [0.25, 0.3) is 0 Å². The summed E-state index contributed by atoms with van der Waals surface area (Å²) in [6.45, 7) is 4.00. The first kappa shape index (κ1) is 17.9. The van der Waals surface area contributed by atoms with Crippen LogP contribution in [-0.2, 0) is 9.59 Å². The molecular formula is C15H17NO5S. The van der Waals surface area contributed by atoms with Gasteiger partial charge in [-0.15, -0.1) is 0 Å². The smallest absolute Gasteiger partial charge is 0.372 e. The molecule has 118 valence electrons. The normalized spacial score (nSPS) is 11.4. The summed E-state index contributed by atoms with van der Waals surface area (Å²) >= 11 is 0.762. The van der Waals surface area contributed by atoms with Gasteiger partial charge >= 0.3 is 5.30 Å². The highest BCUT2D eigenvalue weighted by molar-refractivity contribution is 8.13. The summed E-state index contributed by atoms with van der Waals surface area (Å²) in [7, 11) is 0. The van der Waals surface area contributed by atoms with E-state index in [4.69, 9.17) is 4.74 Å². The molecule has 7 heteroatoms. The average Bonchev–Trinajstić information content (AvgIpc) is 2.43. The van der Waals surface area contributed by atoms with Crippen LogP contribution in [-0.4, -0.2) is 34.6 Å². The van der Waals surface area contributed by atoms with Crippen molar-refractivity contribution in [1.29, 1.82) is 0 Å². The summed E-state index contributed by atoms with van der Waals surface area (Å²) < 4.78 is 5.12. The second kappa shape index (κ2) is 8.33. The molecule has 0 aliphatic rings. The lowest BCUT2D eigenvalue weighted by molar-refractivity contribution is -0.125. The predicted molar refractivity (Wildman–Crippen MR) is 83.2 cm³/mol. The van der Waals surface area contributed by atoms with Crippen molar-refractivity contribution in [3.05, 3.63) is 29.8 Å². The summed E-state index contributed by atoms with van der Waals surface area (Å²) in [5.41, 5.74) is 0.307. The minimum absolute atomic E-state index is 0.0655. The summed E-state index contributed by atoms with van der Waals surface area (Å²) in [5.74, 6) is -0.578. The number of benzene rings is 1. The number of thioether (sulfide) groups is 1. The topological polar surface area (TPSA) is 89.5 Å². The summed E-state index contributed by atoms with van der Waals surface area (Å²) in [6, 6.07) is 5.65. The van der Waals surface area contributed by atoms with Gasteiger partial charge in [0.05, 0.1) is 11.6 Å². The second-order valence-corrected chi connectivity index (χ2v) is 5.53. The van der Waals surface area contributed by atoms with Crippen LogP contribution in [0.15, 0.2) is 24.3 Å². The molecule has 22 heavy (non-hydrogen) atoms. The first-order valence-corrected chi connectivity index (χ1v) is 7.52. The van der Waals surface area contributed by atoms with Gasteiger partial charge in [-0.3, -0.25) is 14.4 Å². The van der Waals surface area contributed by atoms with E-state index in [1.54, 1.807) is 18.2 Å². The number of carbonyl (C=O) groups is 4. The number of ketones is 2. The quantitative estimate of drug-likeness (QED) is 0.638. The third-order valence-corrected chi connectivity index (χ3v) is 3.51. The zero-order valence-corrected chi connectivity index (χ0v) is 13.4. The molecule has 0 spiro atoms. The molecule has 1 N–H and O–H groups in total. The number of para-hydroxylation sites is 1. The highest BCUT2D eigenvalue weighted by Gasteiger charge is 2.19. The van der Waals surface area contributed by atoms with Gasteiger partial charge in [-0.05, 0) is 37.7 Å². The second-order valence-electron chi connectivity index (χ2n) is 4.58. The van der Waals surface area contributed by atoms with Crippen molar-refractivity contribution in [3.63, 3.8) is 0 Å². The van der Waals surface area contributed by atoms with Crippen molar-refractivity contribution in [2.45, 2.75) is 26.8 Å². The molecular weight excluding hydrogens is 306 g/mol. The fraction of sp³-hybridized carbons (Fsp3) is 0.333. The Bertz CT molecular complexity index is 599. The standard InChI is InChI=1S/C15H17NO5S/c1-9(17)12-6-4-5-7-14(12)21-15(20)22-8-13(10(2)18)16-11(3)19/h4-7,13H,8H2,1-3H3,(H,16,19). The number of hydrogen-bond acceptors (Lipinski definition) is 6. The van der Waals surface area contributed by atoms with Crippen LogP contribution in [0, 0.1) is 0 Å². The Hall–Kier alpha value is -2.15. The van der Waals surface area contributed by atoms with Crippen molar-refractivity contribution in [2.75, 3.05) is 5.75 Å². The van der Waals surface area contributed by atoms with Crippen LogP contribution >= 0.6 is 11.8 Å². The molecule has 1 unspecified atom stereocenters. The van der Waals surface area contributed by atoms with Gasteiger partial charge in [0.15, 0.2) is 11.6 Å². The molecule has 0 aliphatic heterocycles. The molecule has 1 rings (SSSR count). The maximum absolute atomic E-state index is 11.8. The van der Waals surface area contributed by atoms with Gasteiger partial charge in [0.1, 0.15) is 5.75 Å². The Balaban J connectivity index is 2.65. The lowest BCUT2D eigenvalue weighted by Crippen LogP contribution is -2.40. The third-order valence-electron chi connectivity index (χ3n) is 2.70. The first-order chi connectivity index (χ1) is 10.3. The Morgan fingerprint density at radius 3 is 2.32 bits per heavy atom. The fourth-order valence-corrected chi connectivity index (χ4v) is 2.39. The van der Waals surface area contributed by atoms with Crippen LogP contribution in [0.5, 0.6) is 5.75 Å². The fourth-order valence-electron chi connectivity index (χ4n) is 1.62. The van der Waals surface area contributed by atoms with Gasteiger partial charge in [-0.2, -0.15) is 0 Å². The summed E-state index contributed by atoms with van der Waals surface area (Å²) in [4.78, 5) is 45.6. The molecule has 1 atom stereocenters. The number of rotatable bonds is 6. The number of ether oxygens (including phenoxy) is 1. The first-order valence-electron chi connectivity index (χ1n) is 6.53. The van der Waals surface area contributed by atoms with Gasteiger partial charge in [-0.1, -0.05) is 12.1 Å². The SMILES string of the molecule is CC(=O)NC(CSC(=O)Oc1ccccc1C(C)=O)C(C)=O. The molecule has 1 amide bonds. The van der Waals surface area contributed by atoms with Crippen molar-refractivity contribution >= 4 is 34.5 Å². The molecule has 0 fully saturated rings. The molecule has 6 nitrogen and oxygen atoms in total. The van der Waals surface area contributed by atoms with Crippen LogP contribution < -0.4 is 10.1 Å². The van der Waals surface area contributed by atoms with Gasteiger partial charge in [0.25, 0.3) is 0 Å². The van der Waals surface area contributed by atoms with E-state index in [1.807, 2.05) is 0 Å². The Labute approximate surface area is 132 Å². The zero-order chi connectivity index (χ0) is 16.7. The maximum Gasteiger partial charge on any atom is 0.372 e.